The molecule has 0 fully saturated rings. The Labute approximate surface area is 86.5 Å². The molecule has 0 spiro atoms. The van der Waals surface area contributed by atoms with E-state index in [1.807, 2.05) is 0 Å². The highest BCUT2D eigenvalue weighted by molar-refractivity contribution is 5.59. The molecular weight excluding hydrogens is 170 g/mol. The number of hydrogen-bond acceptors (Lipinski definition) is 1. The summed E-state index contributed by atoms with van der Waals surface area (Å²) in [6.07, 6.45) is 1.23. The first-order valence-corrected chi connectivity index (χ1v) is 5.59. The predicted molar refractivity (Wildman–Crippen MR) is 61.7 cm³/mol. The van der Waals surface area contributed by atoms with Gasteiger partial charge >= 0.3 is 0 Å². The monoisotopic (exact) mass is 189 g/mol. The molecule has 0 saturated carbocycles. The van der Waals surface area contributed by atoms with Gasteiger partial charge in [-0.1, -0.05) is 39.0 Å². The number of hydrogen-bond donors (Lipinski definition) is 1. The summed E-state index contributed by atoms with van der Waals surface area (Å²) in [4.78, 5) is 0. The summed E-state index contributed by atoms with van der Waals surface area (Å²) in [5, 5.41) is 3.63. The van der Waals surface area contributed by atoms with Crippen LogP contribution in [0.2, 0.25) is 0 Å². The van der Waals surface area contributed by atoms with Gasteiger partial charge in [-0.25, -0.2) is 0 Å². The average Bonchev–Trinajstić information content (AvgIpc) is 2.56. The summed E-state index contributed by atoms with van der Waals surface area (Å²) >= 11 is 0. The van der Waals surface area contributed by atoms with Gasteiger partial charge in [0.25, 0.3) is 0 Å². The first-order valence-electron chi connectivity index (χ1n) is 5.59. The largest absolute Gasteiger partial charge is 0.381 e. The van der Waals surface area contributed by atoms with E-state index < -0.39 is 0 Å². The fourth-order valence-corrected chi connectivity index (χ4v) is 2.53. The van der Waals surface area contributed by atoms with Crippen molar-refractivity contribution in [2.75, 3.05) is 5.32 Å². The molecule has 0 aliphatic carbocycles. The molecule has 1 heteroatoms. The van der Waals surface area contributed by atoms with Crippen molar-refractivity contribution in [3.8, 4) is 0 Å². The van der Waals surface area contributed by atoms with Crippen LogP contribution in [-0.2, 0) is 0 Å². The second-order valence-corrected chi connectivity index (χ2v) is 4.52. The molecule has 1 N–H and O–H groups in total. The topological polar surface area (TPSA) is 12.0 Å². The van der Waals surface area contributed by atoms with Crippen LogP contribution in [-0.4, -0.2) is 6.04 Å². The highest BCUT2D eigenvalue weighted by Crippen LogP contribution is 2.40. The van der Waals surface area contributed by atoms with Crippen molar-refractivity contribution in [3.05, 3.63) is 29.8 Å². The molecular formula is C13H19N. The molecule has 1 aliphatic heterocycles. The van der Waals surface area contributed by atoms with Gasteiger partial charge in [0.15, 0.2) is 0 Å². The van der Waals surface area contributed by atoms with E-state index in [0.29, 0.717) is 17.9 Å². The molecule has 1 aliphatic rings. The summed E-state index contributed by atoms with van der Waals surface area (Å²) in [6, 6.07) is 9.34. The van der Waals surface area contributed by atoms with Crippen molar-refractivity contribution in [2.45, 2.75) is 39.2 Å². The Hall–Kier alpha value is -0.980. The molecule has 0 aromatic heterocycles. The van der Waals surface area contributed by atoms with Crippen molar-refractivity contribution < 1.29 is 0 Å². The summed E-state index contributed by atoms with van der Waals surface area (Å²) in [5.74, 6) is 1.40. The van der Waals surface area contributed by atoms with Crippen LogP contribution in [0.5, 0.6) is 0 Å². The molecule has 1 nitrogen and oxygen atoms in total. The second kappa shape index (κ2) is 3.64. The van der Waals surface area contributed by atoms with Crippen LogP contribution in [0.4, 0.5) is 5.69 Å². The predicted octanol–water partition coefficient (Wildman–Crippen LogP) is 3.63. The van der Waals surface area contributed by atoms with E-state index in [9.17, 15) is 0 Å². The summed E-state index contributed by atoms with van der Waals surface area (Å²) in [7, 11) is 0. The van der Waals surface area contributed by atoms with Crippen LogP contribution >= 0.6 is 0 Å². The van der Waals surface area contributed by atoms with Crippen molar-refractivity contribution in [1.29, 1.82) is 0 Å². The Balaban J connectivity index is 2.34. The third-order valence-corrected chi connectivity index (χ3v) is 3.27. The molecule has 2 rings (SSSR count). The SMILES string of the molecule is CCC1c2ccccc2NC1C(C)C. The fraction of sp³-hybridized carbons (Fsp3) is 0.538. The Kier molecular flexibility index (Phi) is 2.49. The Bertz CT molecular complexity index is 317. The zero-order chi connectivity index (χ0) is 10.1. The first kappa shape index (κ1) is 9.57. The number of anilines is 1. The minimum Gasteiger partial charge on any atom is -0.381 e. The van der Waals surface area contributed by atoms with Gasteiger partial charge in [-0.05, 0) is 24.0 Å². The number of rotatable bonds is 2. The highest BCUT2D eigenvalue weighted by atomic mass is 15.0. The lowest BCUT2D eigenvalue weighted by Crippen LogP contribution is -2.26. The number of para-hydroxylation sites is 1. The molecule has 1 heterocycles. The molecule has 0 bridgehead atoms. The van der Waals surface area contributed by atoms with Crippen molar-refractivity contribution >= 4 is 5.69 Å². The third-order valence-electron chi connectivity index (χ3n) is 3.27. The molecule has 0 amide bonds. The van der Waals surface area contributed by atoms with Crippen LogP contribution in [0, 0.1) is 5.92 Å². The fourth-order valence-electron chi connectivity index (χ4n) is 2.53. The maximum Gasteiger partial charge on any atom is 0.0378 e. The highest BCUT2D eigenvalue weighted by Gasteiger charge is 2.31. The van der Waals surface area contributed by atoms with E-state index in [0.717, 1.165) is 0 Å². The van der Waals surface area contributed by atoms with E-state index in [2.05, 4.69) is 50.4 Å². The maximum absolute atomic E-state index is 3.63. The molecule has 76 valence electrons. The van der Waals surface area contributed by atoms with Crippen molar-refractivity contribution in [1.82, 2.24) is 0 Å². The van der Waals surface area contributed by atoms with Gasteiger partial charge in [0.1, 0.15) is 0 Å². The van der Waals surface area contributed by atoms with Gasteiger partial charge in [0.05, 0.1) is 0 Å². The van der Waals surface area contributed by atoms with E-state index in [-0.39, 0.29) is 0 Å². The molecule has 2 atom stereocenters. The van der Waals surface area contributed by atoms with Crippen LogP contribution in [0.25, 0.3) is 0 Å². The summed E-state index contributed by atoms with van der Waals surface area (Å²) in [6.45, 7) is 6.88. The van der Waals surface area contributed by atoms with Crippen molar-refractivity contribution in [2.24, 2.45) is 5.92 Å². The number of fused-ring (bicyclic) bond motifs is 1. The number of nitrogens with one attached hydrogen (secondary N) is 1. The standard InChI is InChI=1S/C13H19N/c1-4-10-11-7-5-6-8-12(11)14-13(10)9(2)3/h5-10,13-14H,4H2,1-3H3. The summed E-state index contributed by atoms with van der Waals surface area (Å²) in [5.41, 5.74) is 2.85. The van der Waals surface area contributed by atoms with Crippen LogP contribution < -0.4 is 5.32 Å². The van der Waals surface area contributed by atoms with Gasteiger partial charge in [0.2, 0.25) is 0 Å². The normalized spacial score (nSPS) is 24.9. The van der Waals surface area contributed by atoms with Gasteiger partial charge in [-0.2, -0.15) is 0 Å². The molecule has 0 radical (unpaired) electrons. The molecule has 1 aromatic carbocycles. The molecule has 0 saturated heterocycles. The van der Waals surface area contributed by atoms with Crippen LogP contribution in [0.3, 0.4) is 0 Å². The van der Waals surface area contributed by atoms with Gasteiger partial charge < -0.3 is 5.32 Å². The molecule has 14 heavy (non-hydrogen) atoms. The molecule has 2 unspecified atom stereocenters. The van der Waals surface area contributed by atoms with Gasteiger partial charge in [-0.15, -0.1) is 0 Å². The third kappa shape index (κ3) is 1.41. The number of benzene rings is 1. The first-order chi connectivity index (χ1) is 6.74. The van der Waals surface area contributed by atoms with E-state index in [1.165, 1.54) is 17.7 Å². The van der Waals surface area contributed by atoms with E-state index in [1.54, 1.807) is 0 Å². The van der Waals surface area contributed by atoms with Crippen LogP contribution in [0.1, 0.15) is 38.7 Å². The Morgan fingerprint density at radius 3 is 2.64 bits per heavy atom. The van der Waals surface area contributed by atoms with Crippen LogP contribution in [0.15, 0.2) is 24.3 Å². The lowest BCUT2D eigenvalue weighted by Gasteiger charge is -2.22. The zero-order valence-corrected chi connectivity index (χ0v) is 9.25. The average molecular weight is 189 g/mol. The second-order valence-electron chi connectivity index (χ2n) is 4.52. The minimum atomic E-state index is 0.623. The minimum absolute atomic E-state index is 0.623. The maximum atomic E-state index is 3.63. The smallest absolute Gasteiger partial charge is 0.0378 e. The van der Waals surface area contributed by atoms with E-state index in [4.69, 9.17) is 0 Å². The Morgan fingerprint density at radius 1 is 1.29 bits per heavy atom. The molecule has 1 aromatic rings. The van der Waals surface area contributed by atoms with Gasteiger partial charge in [0, 0.05) is 17.6 Å². The lowest BCUT2D eigenvalue weighted by atomic mass is 9.87. The quantitative estimate of drug-likeness (QED) is 0.749. The zero-order valence-electron chi connectivity index (χ0n) is 9.25. The van der Waals surface area contributed by atoms with Crippen molar-refractivity contribution in [3.63, 3.8) is 0 Å². The summed E-state index contributed by atoms with van der Waals surface area (Å²) < 4.78 is 0. The van der Waals surface area contributed by atoms with E-state index >= 15 is 0 Å². The lowest BCUT2D eigenvalue weighted by molar-refractivity contribution is 0.454. The van der Waals surface area contributed by atoms with Gasteiger partial charge in [-0.3, -0.25) is 0 Å². The Morgan fingerprint density at radius 2 is 2.00 bits per heavy atom.